The number of methoxy groups -OCH3 is 1. The average molecular weight is 454 g/mol. The SMILES string of the molecule is COC(=O)C12CCC(c3nc(-c4cccc(C)n4)c(-c4ccc5nccnc5c4)[nH]3)(CC1)CC2. The predicted molar refractivity (Wildman–Crippen MR) is 129 cm³/mol. The maximum absolute atomic E-state index is 12.5. The molecule has 1 N–H and O–H groups in total. The fourth-order valence-corrected chi connectivity index (χ4v) is 5.88. The Morgan fingerprint density at radius 1 is 0.941 bits per heavy atom. The van der Waals surface area contributed by atoms with E-state index in [0.717, 1.165) is 83.7 Å². The van der Waals surface area contributed by atoms with Gasteiger partial charge in [0, 0.05) is 29.1 Å². The number of nitrogens with zero attached hydrogens (tertiary/aromatic N) is 4. The lowest BCUT2D eigenvalue weighted by molar-refractivity contribution is -0.160. The van der Waals surface area contributed by atoms with Crippen molar-refractivity contribution in [3.63, 3.8) is 0 Å². The van der Waals surface area contributed by atoms with Gasteiger partial charge in [-0.1, -0.05) is 12.1 Å². The molecule has 1 aromatic carbocycles. The summed E-state index contributed by atoms with van der Waals surface area (Å²) in [6.07, 6.45) is 8.75. The average Bonchev–Trinajstić information content (AvgIpc) is 3.35. The fourth-order valence-electron chi connectivity index (χ4n) is 5.88. The molecule has 3 aliphatic rings. The van der Waals surface area contributed by atoms with Crippen LogP contribution in [0.1, 0.15) is 50.0 Å². The van der Waals surface area contributed by atoms with Crippen molar-refractivity contribution in [1.29, 1.82) is 0 Å². The molecule has 7 nitrogen and oxygen atoms in total. The number of ether oxygens (including phenoxy) is 1. The molecule has 3 aromatic heterocycles. The summed E-state index contributed by atoms with van der Waals surface area (Å²) < 4.78 is 5.15. The number of carbonyl (C=O) groups is 1. The summed E-state index contributed by atoms with van der Waals surface area (Å²) in [5.74, 6) is 0.945. The highest BCUT2D eigenvalue weighted by atomic mass is 16.5. The summed E-state index contributed by atoms with van der Waals surface area (Å²) in [7, 11) is 1.50. The van der Waals surface area contributed by atoms with Gasteiger partial charge in [0.1, 0.15) is 11.5 Å². The number of nitrogens with one attached hydrogen (secondary N) is 1. The number of hydrogen-bond donors (Lipinski definition) is 1. The van der Waals surface area contributed by atoms with E-state index < -0.39 is 0 Å². The first-order valence-electron chi connectivity index (χ1n) is 11.9. The van der Waals surface area contributed by atoms with Crippen molar-refractivity contribution >= 4 is 17.0 Å². The molecule has 4 aromatic rings. The van der Waals surface area contributed by atoms with Crippen LogP contribution in [0.2, 0.25) is 0 Å². The van der Waals surface area contributed by atoms with Crippen LogP contribution in [-0.4, -0.2) is 38.0 Å². The van der Waals surface area contributed by atoms with Crippen molar-refractivity contribution in [3.8, 4) is 22.6 Å². The van der Waals surface area contributed by atoms with Crippen LogP contribution in [-0.2, 0) is 14.9 Å². The summed E-state index contributed by atoms with van der Waals surface area (Å²) in [5, 5.41) is 0. The van der Waals surface area contributed by atoms with E-state index in [-0.39, 0.29) is 16.8 Å². The van der Waals surface area contributed by atoms with Crippen molar-refractivity contribution < 1.29 is 9.53 Å². The highest BCUT2D eigenvalue weighted by molar-refractivity contribution is 5.84. The molecule has 0 atom stereocenters. The number of hydrogen-bond acceptors (Lipinski definition) is 6. The van der Waals surface area contributed by atoms with Gasteiger partial charge >= 0.3 is 5.97 Å². The first kappa shape index (κ1) is 21.0. The summed E-state index contributed by atoms with van der Waals surface area (Å²) in [5.41, 5.74) is 5.95. The third-order valence-electron chi connectivity index (χ3n) is 7.96. The maximum Gasteiger partial charge on any atom is 0.311 e. The van der Waals surface area contributed by atoms with Crippen molar-refractivity contribution in [2.75, 3.05) is 7.11 Å². The van der Waals surface area contributed by atoms with Crippen LogP contribution < -0.4 is 0 Å². The minimum atomic E-state index is -0.316. The number of fused-ring (bicyclic) bond motifs is 4. The van der Waals surface area contributed by atoms with Crippen molar-refractivity contribution in [1.82, 2.24) is 24.9 Å². The van der Waals surface area contributed by atoms with E-state index in [1.54, 1.807) is 12.4 Å². The fraction of sp³-hybridized carbons (Fsp3) is 0.370. The first-order valence-corrected chi connectivity index (χ1v) is 11.9. The van der Waals surface area contributed by atoms with Gasteiger partial charge < -0.3 is 9.72 Å². The van der Waals surface area contributed by atoms with Crippen molar-refractivity contribution in [2.24, 2.45) is 5.41 Å². The molecule has 0 radical (unpaired) electrons. The van der Waals surface area contributed by atoms with E-state index in [1.807, 2.05) is 31.2 Å². The van der Waals surface area contributed by atoms with E-state index in [0.29, 0.717) is 0 Å². The predicted octanol–water partition coefficient (Wildman–Crippen LogP) is 5.16. The zero-order valence-corrected chi connectivity index (χ0v) is 19.5. The summed E-state index contributed by atoms with van der Waals surface area (Å²) in [4.78, 5) is 35.1. The number of H-pyrrole nitrogens is 1. The molecule has 172 valence electrons. The van der Waals surface area contributed by atoms with Crippen LogP contribution in [0.25, 0.3) is 33.7 Å². The smallest absolute Gasteiger partial charge is 0.311 e. The van der Waals surface area contributed by atoms with Crippen molar-refractivity contribution in [3.05, 3.63) is 60.3 Å². The van der Waals surface area contributed by atoms with Gasteiger partial charge in [-0.15, -0.1) is 0 Å². The molecule has 7 rings (SSSR count). The standard InChI is InChI=1S/C27H27N5O2/c1-17-4-3-5-20(30-17)23-22(18-6-7-19-21(16-18)29-15-14-28-19)31-24(32-23)26-8-11-27(12-9-26,13-10-26)25(33)34-2/h3-7,14-16H,8-13H2,1-2H3,(H,31,32). The van der Waals surface area contributed by atoms with Crippen LogP contribution in [0.3, 0.4) is 0 Å². The second-order valence-corrected chi connectivity index (χ2v) is 9.79. The number of rotatable bonds is 4. The number of imidazole rings is 1. The molecule has 0 amide bonds. The number of carbonyl (C=O) groups excluding carboxylic acids is 1. The summed E-state index contributed by atoms with van der Waals surface area (Å²) in [6, 6.07) is 12.1. The van der Waals surface area contributed by atoms with E-state index in [4.69, 9.17) is 14.7 Å². The molecular formula is C27H27N5O2. The summed E-state index contributed by atoms with van der Waals surface area (Å²) in [6.45, 7) is 2.00. The van der Waals surface area contributed by atoms with Gasteiger partial charge in [-0.05, 0) is 69.7 Å². The Hall–Kier alpha value is -3.61. The van der Waals surface area contributed by atoms with E-state index in [1.165, 1.54) is 7.11 Å². The largest absolute Gasteiger partial charge is 0.469 e. The van der Waals surface area contributed by atoms with Gasteiger partial charge in [-0.3, -0.25) is 19.7 Å². The zero-order chi connectivity index (χ0) is 23.3. The molecule has 3 saturated carbocycles. The lowest BCUT2D eigenvalue weighted by atomic mass is 9.53. The highest BCUT2D eigenvalue weighted by Gasteiger charge is 2.55. The lowest BCUT2D eigenvalue weighted by Crippen LogP contribution is -2.48. The van der Waals surface area contributed by atoms with Gasteiger partial charge in [0.05, 0.1) is 34.9 Å². The molecule has 7 heteroatoms. The minimum Gasteiger partial charge on any atom is -0.469 e. The molecule has 3 fully saturated rings. The second-order valence-electron chi connectivity index (χ2n) is 9.79. The number of aromatic amines is 1. The number of benzene rings is 1. The monoisotopic (exact) mass is 453 g/mol. The molecule has 0 unspecified atom stereocenters. The number of pyridine rings is 1. The quantitative estimate of drug-likeness (QED) is 0.429. The third-order valence-corrected chi connectivity index (χ3v) is 7.96. The van der Waals surface area contributed by atoms with Crippen molar-refractivity contribution in [2.45, 2.75) is 50.9 Å². The van der Waals surface area contributed by atoms with E-state index >= 15 is 0 Å². The molecule has 3 heterocycles. The van der Waals surface area contributed by atoms with Crippen LogP contribution in [0.5, 0.6) is 0 Å². The Bertz CT molecular complexity index is 1380. The molecule has 3 aliphatic carbocycles. The van der Waals surface area contributed by atoms with Gasteiger partial charge in [0.25, 0.3) is 0 Å². The van der Waals surface area contributed by atoms with E-state index in [2.05, 4.69) is 27.1 Å². The third kappa shape index (κ3) is 3.22. The Morgan fingerprint density at radius 2 is 1.68 bits per heavy atom. The maximum atomic E-state index is 12.5. The van der Waals surface area contributed by atoms with Gasteiger partial charge in [0.15, 0.2) is 0 Å². The lowest BCUT2D eigenvalue weighted by Gasteiger charge is -2.50. The van der Waals surface area contributed by atoms with E-state index in [9.17, 15) is 4.79 Å². The molecule has 34 heavy (non-hydrogen) atoms. The number of aryl methyl sites for hydroxylation is 1. The normalized spacial score (nSPS) is 23.8. The van der Waals surface area contributed by atoms with Gasteiger partial charge in [-0.25, -0.2) is 4.98 Å². The number of aromatic nitrogens is 5. The molecular weight excluding hydrogens is 426 g/mol. The van der Waals surface area contributed by atoms with Gasteiger partial charge in [-0.2, -0.15) is 0 Å². The molecule has 0 spiro atoms. The highest BCUT2D eigenvalue weighted by Crippen LogP contribution is 2.58. The van der Waals surface area contributed by atoms with Crippen LogP contribution in [0, 0.1) is 12.3 Å². The Balaban J connectivity index is 1.46. The molecule has 0 saturated heterocycles. The topological polar surface area (TPSA) is 93.7 Å². The Labute approximate surface area is 198 Å². The number of esters is 1. The second kappa shape index (κ2) is 7.72. The first-order chi connectivity index (χ1) is 16.5. The summed E-state index contributed by atoms with van der Waals surface area (Å²) >= 11 is 0. The zero-order valence-electron chi connectivity index (χ0n) is 19.5. The van der Waals surface area contributed by atoms with Crippen LogP contribution in [0.4, 0.5) is 0 Å². The Morgan fingerprint density at radius 3 is 2.38 bits per heavy atom. The van der Waals surface area contributed by atoms with Gasteiger partial charge in [0.2, 0.25) is 0 Å². The van der Waals surface area contributed by atoms with Crippen LogP contribution in [0.15, 0.2) is 48.8 Å². The minimum absolute atomic E-state index is 0.0523. The Kier molecular flexibility index (Phi) is 4.76. The molecule has 0 aliphatic heterocycles. The van der Waals surface area contributed by atoms with Crippen LogP contribution >= 0.6 is 0 Å². The molecule has 2 bridgehead atoms.